The highest BCUT2D eigenvalue weighted by atomic mass is 16.5. The Labute approximate surface area is 390 Å². The van der Waals surface area contributed by atoms with Crippen molar-refractivity contribution in [3.8, 4) is 0 Å². The van der Waals surface area contributed by atoms with Crippen molar-refractivity contribution in [2.75, 3.05) is 39.5 Å². The Morgan fingerprint density at radius 2 is 0.556 bits per heavy atom. The number of hydrogen-bond donors (Lipinski definition) is 1. The molecule has 0 radical (unpaired) electrons. The highest BCUT2D eigenvalue weighted by molar-refractivity contribution is 5.87. The van der Waals surface area contributed by atoms with Gasteiger partial charge in [-0.25, -0.2) is 14.4 Å². The van der Waals surface area contributed by atoms with E-state index in [0.29, 0.717) is 36.5 Å². The highest BCUT2D eigenvalue weighted by Gasteiger charge is 2.05. The van der Waals surface area contributed by atoms with Crippen molar-refractivity contribution in [1.29, 1.82) is 0 Å². The second-order valence-electron chi connectivity index (χ2n) is 17.2. The Morgan fingerprint density at radius 3 is 0.746 bits per heavy atom. The number of ether oxygens (including phenoxy) is 3. The summed E-state index contributed by atoms with van der Waals surface area (Å²) < 4.78 is 15.1. The van der Waals surface area contributed by atoms with Crippen LogP contribution >= 0.6 is 0 Å². The summed E-state index contributed by atoms with van der Waals surface area (Å²) in [5.74, 6) is -1.64. The first-order valence-corrected chi connectivity index (χ1v) is 25.6. The molecule has 0 spiro atoms. The van der Waals surface area contributed by atoms with E-state index in [1.807, 2.05) is 0 Å². The molecule has 1 N–H and O–H groups in total. The first-order valence-electron chi connectivity index (χ1n) is 25.6. The van der Waals surface area contributed by atoms with Crippen molar-refractivity contribution in [3.05, 3.63) is 36.5 Å². The van der Waals surface area contributed by atoms with Crippen LogP contribution in [0.1, 0.15) is 248 Å². The monoisotopic (exact) mass is 894 g/mol. The van der Waals surface area contributed by atoms with Crippen molar-refractivity contribution >= 4 is 23.9 Å². The van der Waals surface area contributed by atoms with Gasteiger partial charge in [0.2, 0.25) is 0 Å². The predicted octanol–water partition coefficient (Wildman–Crippen LogP) is 15.5. The summed E-state index contributed by atoms with van der Waals surface area (Å²) in [5.41, 5.74) is 1.44. The molecule has 0 rings (SSSR count). The van der Waals surface area contributed by atoms with Crippen LogP contribution in [0.5, 0.6) is 0 Å². The molecular weight excluding hydrogens is 791 g/mol. The molecule has 372 valence electrons. The molecule has 0 unspecified atom stereocenters. The standard InChI is InChI=1S/C22H42O2.C20H38O2.C10H19NO2.C2H4O2/c1-4-5-6-7-8-9-10-11-12-13-14-15-16-17-18-19-20-24-22(23)21(2)3;1-4-5-6-7-8-9-10-11-12-13-14-15-16-17-18-22-20(21)19(2)3;1-5-11(6-2)7-8-13-10(12)9(3)4;1-2(3)4/h2,4-20H2,1,3H3;2,4-18H2,1,3H3;3,5-8H2,1-2,4H3;1H3,(H,3,4). The van der Waals surface area contributed by atoms with Gasteiger partial charge >= 0.3 is 17.9 Å². The number of likely N-dealkylation sites (N-methyl/N-ethyl adjacent to an activating group) is 1. The molecule has 0 aliphatic heterocycles. The first kappa shape index (κ1) is 66.7. The lowest BCUT2D eigenvalue weighted by atomic mass is 10.0. The zero-order chi connectivity index (χ0) is 48.2. The van der Waals surface area contributed by atoms with E-state index in [9.17, 15) is 14.4 Å². The number of carbonyl (C=O) groups excluding carboxylic acids is 3. The first-order chi connectivity index (χ1) is 30.2. The molecule has 0 aromatic rings. The van der Waals surface area contributed by atoms with E-state index in [-0.39, 0.29) is 17.9 Å². The third-order valence-electron chi connectivity index (χ3n) is 10.5. The maximum Gasteiger partial charge on any atom is 0.333 e. The maximum absolute atomic E-state index is 11.2. The van der Waals surface area contributed by atoms with E-state index in [0.717, 1.165) is 39.4 Å². The summed E-state index contributed by atoms with van der Waals surface area (Å²) in [6.45, 7) is 29.8. The molecule has 63 heavy (non-hydrogen) atoms. The number of unbranched alkanes of at least 4 members (excludes halogenated alkanes) is 28. The van der Waals surface area contributed by atoms with Crippen molar-refractivity contribution in [2.45, 2.75) is 248 Å². The van der Waals surface area contributed by atoms with E-state index in [1.165, 1.54) is 180 Å². The normalized spacial score (nSPS) is 10.3. The number of carbonyl (C=O) groups is 4. The van der Waals surface area contributed by atoms with E-state index in [1.54, 1.807) is 20.8 Å². The highest BCUT2D eigenvalue weighted by Crippen LogP contribution is 2.15. The Balaban J connectivity index is -0.000000411. The van der Waals surface area contributed by atoms with E-state index in [2.05, 4.69) is 52.3 Å². The fraction of sp³-hybridized carbons (Fsp3) is 0.815. The molecule has 0 saturated heterocycles. The average Bonchev–Trinajstić information content (AvgIpc) is 3.24. The van der Waals surface area contributed by atoms with Gasteiger partial charge in [-0.3, -0.25) is 4.79 Å². The molecule has 0 fully saturated rings. The summed E-state index contributed by atoms with van der Waals surface area (Å²) >= 11 is 0. The summed E-state index contributed by atoms with van der Waals surface area (Å²) in [7, 11) is 0. The molecule has 0 aliphatic rings. The number of hydrogen-bond acceptors (Lipinski definition) is 8. The zero-order valence-electron chi connectivity index (χ0n) is 42.8. The minimum Gasteiger partial charge on any atom is -0.481 e. The molecule has 9 nitrogen and oxygen atoms in total. The van der Waals surface area contributed by atoms with Crippen LogP contribution < -0.4 is 0 Å². The zero-order valence-corrected chi connectivity index (χ0v) is 42.8. The molecule has 0 atom stereocenters. The Hall–Kier alpha value is -2.94. The molecular formula is C54H103NO8. The van der Waals surface area contributed by atoms with Gasteiger partial charge in [0.25, 0.3) is 5.97 Å². The van der Waals surface area contributed by atoms with Gasteiger partial charge in [0.15, 0.2) is 0 Å². The summed E-state index contributed by atoms with van der Waals surface area (Å²) in [5, 5.41) is 7.42. The van der Waals surface area contributed by atoms with E-state index >= 15 is 0 Å². The average molecular weight is 894 g/mol. The third kappa shape index (κ3) is 63.4. The number of carboxylic acid groups (broad SMARTS) is 1. The number of aliphatic carboxylic acids is 1. The summed E-state index contributed by atoms with van der Waals surface area (Å²) in [6, 6.07) is 0. The predicted molar refractivity (Wildman–Crippen MR) is 268 cm³/mol. The smallest absolute Gasteiger partial charge is 0.333 e. The molecule has 0 aromatic carbocycles. The van der Waals surface area contributed by atoms with Gasteiger partial charge in [-0.2, -0.15) is 0 Å². The van der Waals surface area contributed by atoms with Crippen LogP contribution in [-0.2, 0) is 33.4 Å². The van der Waals surface area contributed by atoms with Crippen LogP contribution in [0.25, 0.3) is 0 Å². The van der Waals surface area contributed by atoms with Gasteiger partial charge in [-0.1, -0.05) is 227 Å². The molecule has 0 bridgehead atoms. The van der Waals surface area contributed by atoms with E-state index < -0.39 is 5.97 Å². The van der Waals surface area contributed by atoms with Crippen LogP contribution in [0.4, 0.5) is 0 Å². The van der Waals surface area contributed by atoms with Gasteiger partial charge in [0.1, 0.15) is 6.61 Å². The Bertz CT molecular complexity index is 1080. The largest absolute Gasteiger partial charge is 0.481 e. The molecule has 0 amide bonds. The number of rotatable bonds is 40. The van der Waals surface area contributed by atoms with Crippen LogP contribution in [0.2, 0.25) is 0 Å². The Kier molecular flexibility index (Phi) is 58.4. The van der Waals surface area contributed by atoms with Gasteiger partial charge in [0.05, 0.1) is 13.2 Å². The summed E-state index contributed by atoms with van der Waals surface area (Å²) in [4.78, 5) is 44.5. The van der Waals surface area contributed by atoms with Crippen molar-refractivity contribution in [2.24, 2.45) is 0 Å². The maximum atomic E-state index is 11.2. The molecule has 0 saturated carbocycles. The molecule has 9 heteroatoms. The minimum atomic E-state index is -0.833. The summed E-state index contributed by atoms with van der Waals surface area (Å²) in [6.07, 6.45) is 40.5. The van der Waals surface area contributed by atoms with Crippen LogP contribution in [0.15, 0.2) is 36.5 Å². The molecule has 0 aliphatic carbocycles. The fourth-order valence-electron chi connectivity index (χ4n) is 6.45. The molecule has 0 aromatic heterocycles. The number of esters is 3. The lowest BCUT2D eigenvalue weighted by molar-refractivity contribution is -0.140. The number of nitrogens with zero attached hydrogens (tertiary/aromatic N) is 1. The fourth-order valence-corrected chi connectivity index (χ4v) is 6.45. The topological polar surface area (TPSA) is 119 Å². The van der Waals surface area contributed by atoms with E-state index in [4.69, 9.17) is 24.1 Å². The van der Waals surface area contributed by atoms with Crippen molar-refractivity contribution in [1.82, 2.24) is 4.90 Å². The van der Waals surface area contributed by atoms with Crippen molar-refractivity contribution < 1.29 is 38.5 Å². The van der Waals surface area contributed by atoms with Gasteiger partial charge in [-0.05, 0) is 46.7 Å². The van der Waals surface area contributed by atoms with Gasteiger partial charge in [-0.15, -0.1) is 0 Å². The second-order valence-corrected chi connectivity index (χ2v) is 17.2. The number of carboxylic acids is 1. The minimum absolute atomic E-state index is 0.254. The van der Waals surface area contributed by atoms with Crippen LogP contribution in [-0.4, -0.2) is 73.3 Å². The molecule has 0 heterocycles. The SMILES string of the molecule is C=C(C)C(=O)OCCCCCCCCCCCCCCCC.C=C(C)C(=O)OCCCCCCCCCCCCCCCCCC.C=C(C)C(=O)OCCN(CC)CC.CC(=O)O. The van der Waals surface area contributed by atoms with Gasteiger partial charge in [0, 0.05) is 30.2 Å². The van der Waals surface area contributed by atoms with Gasteiger partial charge < -0.3 is 24.2 Å². The van der Waals surface area contributed by atoms with Crippen molar-refractivity contribution in [3.63, 3.8) is 0 Å². The third-order valence-corrected chi connectivity index (χ3v) is 10.5. The van der Waals surface area contributed by atoms with Crippen LogP contribution in [0, 0.1) is 0 Å². The quantitative estimate of drug-likeness (QED) is 0.0277. The lowest BCUT2D eigenvalue weighted by Crippen LogP contribution is -2.27. The lowest BCUT2D eigenvalue weighted by Gasteiger charge is -2.17. The second kappa shape index (κ2) is 55.2. The van der Waals surface area contributed by atoms with Crippen LogP contribution in [0.3, 0.4) is 0 Å². The Morgan fingerprint density at radius 1 is 0.365 bits per heavy atom.